The maximum absolute atomic E-state index is 12.3. The number of unbranched alkanes of at least 4 members (excludes halogenated alkanes) is 1. The summed E-state index contributed by atoms with van der Waals surface area (Å²) < 4.78 is 22.7. The van der Waals surface area contributed by atoms with E-state index in [1.807, 2.05) is 13.0 Å². The minimum absolute atomic E-state index is 0.123. The van der Waals surface area contributed by atoms with Crippen molar-refractivity contribution in [1.82, 2.24) is 10.7 Å². The highest BCUT2D eigenvalue weighted by molar-refractivity contribution is 9.10. The number of amides is 2. The Morgan fingerprint density at radius 1 is 1.15 bits per heavy atom. The van der Waals surface area contributed by atoms with Gasteiger partial charge in [-0.15, -0.1) is 0 Å². The summed E-state index contributed by atoms with van der Waals surface area (Å²) in [5.74, 6) is 1.43. The maximum atomic E-state index is 12.3. The van der Waals surface area contributed by atoms with Gasteiger partial charge in [-0.1, -0.05) is 13.3 Å². The van der Waals surface area contributed by atoms with Crippen LogP contribution in [0.5, 0.6) is 23.0 Å². The summed E-state index contributed by atoms with van der Waals surface area (Å²) in [7, 11) is 0. The van der Waals surface area contributed by atoms with Crippen molar-refractivity contribution in [2.75, 3.05) is 26.6 Å². The van der Waals surface area contributed by atoms with Crippen molar-refractivity contribution in [2.24, 2.45) is 5.10 Å². The number of ether oxygens (including phenoxy) is 4. The lowest BCUT2D eigenvalue weighted by Crippen LogP contribution is -2.34. The molecule has 2 aromatic carbocycles. The Kier molecular flexibility index (Phi) is 8.94. The molecule has 33 heavy (non-hydrogen) atoms. The number of carbonyl (C=O) groups excluding carboxylic acids is 2. The number of hydrazone groups is 1. The molecule has 176 valence electrons. The van der Waals surface area contributed by atoms with E-state index < -0.39 is 11.8 Å². The zero-order valence-corrected chi connectivity index (χ0v) is 20.1. The van der Waals surface area contributed by atoms with Gasteiger partial charge in [0.05, 0.1) is 30.4 Å². The van der Waals surface area contributed by atoms with E-state index >= 15 is 0 Å². The minimum atomic E-state index is -0.469. The molecular formula is C23H26BrN3O6. The van der Waals surface area contributed by atoms with Gasteiger partial charge in [0.25, 0.3) is 11.8 Å². The Labute approximate surface area is 200 Å². The van der Waals surface area contributed by atoms with Crippen molar-refractivity contribution >= 4 is 34.0 Å². The van der Waals surface area contributed by atoms with Crippen LogP contribution >= 0.6 is 15.9 Å². The van der Waals surface area contributed by atoms with Crippen LogP contribution in [0.1, 0.15) is 42.6 Å². The zero-order chi connectivity index (χ0) is 23.6. The second-order valence-electron chi connectivity index (χ2n) is 7.01. The Morgan fingerprint density at radius 2 is 1.97 bits per heavy atom. The molecule has 2 amide bonds. The van der Waals surface area contributed by atoms with Crippen LogP contribution in [0.25, 0.3) is 0 Å². The van der Waals surface area contributed by atoms with Crippen molar-refractivity contribution in [3.8, 4) is 23.0 Å². The van der Waals surface area contributed by atoms with Crippen LogP contribution in [0.2, 0.25) is 0 Å². The number of carbonyl (C=O) groups is 2. The van der Waals surface area contributed by atoms with E-state index in [0.29, 0.717) is 47.3 Å². The predicted octanol–water partition coefficient (Wildman–Crippen LogP) is 3.64. The SMILES string of the molecule is CCCCOc1c(Br)cc(C=NNC(=O)CNC(=O)c2ccc3c(c2)OCO3)cc1OCC. The zero-order valence-electron chi connectivity index (χ0n) is 18.5. The fourth-order valence-electron chi connectivity index (χ4n) is 2.90. The van der Waals surface area contributed by atoms with Gasteiger partial charge in [-0.2, -0.15) is 5.10 Å². The molecule has 0 saturated carbocycles. The van der Waals surface area contributed by atoms with Gasteiger partial charge in [-0.3, -0.25) is 9.59 Å². The quantitative estimate of drug-likeness (QED) is 0.266. The van der Waals surface area contributed by atoms with Gasteiger partial charge < -0.3 is 24.3 Å². The molecule has 1 aliphatic heterocycles. The van der Waals surface area contributed by atoms with E-state index in [-0.39, 0.29) is 13.3 Å². The van der Waals surface area contributed by atoms with Crippen molar-refractivity contribution in [3.63, 3.8) is 0 Å². The van der Waals surface area contributed by atoms with Crippen LogP contribution in [0.4, 0.5) is 0 Å². The number of hydrogen-bond donors (Lipinski definition) is 2. The van der Waals surface area contributed by atoms with E-state index in [1.54, 1.807) is 24.3 Å². The molecule has 9 nitrogen and oxygen atoms in total. The minimum Gasteiger partial charge on any atom is -0.490 e. The smallest absolute Gasteiger partial charge is 0.259 e. The van der Waals surface area contributed by atoms with Gasteiger partial charge in [0.1, 0.15) is 0 Å². The highest BCUT2D eigenvalue weighted by Gasteiger charge is 2.16. The summed E-state index contributed by atoms with van der Waals surface area (Å²) in [5, 5.41) is 6.50. The summed E-state index contributed by atoms with van der Waals surface area (Å²) in [6, 6.07) is 8.42. The number of nitrogens with one attached hydrogen (secondary N) is 2. The topological polar surface area (TPSA) is 107 Å². The molecule has 0 saturated heterocycles. The maximum Gasteiger partial charge on any atom is 0.259 e. The molecule has 0 radical (unpaired) electrons. The van der Waals surface area contributed by atoms with Crippen LogP contribution in [0, 0.1) is 0 Å². The molecule has 10 heteroatoms. The first-order chi connectivity index (χ1) is 16.0. The average Bonchev–Trinajstić information content (AvgIpc) is 3.27. The van der Waals surface area contributed by atoms with E-state index in [4.69, 9.17) is 18.9 Å². The van der Waals surface area contributed by atoms with Gasteiger partial charge in [0.15, 0.2) is 23.0 Å². The summed E-state index contributed by atoms with van der Waals surface area (Å²) in [6.07, 6.45) is 3.46. The summed E-state index contributed by atoms with van der Waals surface area (Å²) in [5.41, 5.74) is 3.46. The van der Waals surface area contributed by atoms with Gasteiger partial charge in [-0.25, -0.2) is 5.43 Å². The van der Waals surface area contributed by atoms with Gasteiger partial charge in [-0.05, 0) is 65.2 Å². The molecule has 0 spiro atoms. The van der Waals surface area contributed by atoms with Crippen LogP contribution in [0.3, 0.4) is 0 Å². The standard InChI is InChI=1S/C23H26BrN3O6/c1-3-5-8-31-22-17(24)9-15(10-20(22)30-4-2)12-26-27-21(28)13-25-23(29)16-6-7-18-19(11-16)33-14-32-18/h6-7,9-12H,3-5,8,13-14H2,1-2H3,(H,25,29)(H,27,28). The number of halogens is 1. The first kappa shape index (κ1) is 24.4. The van der Waals surface area contributed by atoms with Gasteiger partial charge in [0.2, 0.25) is 6.79 Å². The first-order valence-corrected chi connectivity index (χ1v) is 11.4. The highest BCUT2D eigenvalue weighted by Crippen LogP contribution is 2.37. The van der Waals surface area contributed by atoms with Crippen LogP contribution < -0.4 is 29.7 Å². The van der Waals surface area contributed by atoms with Crippen molar-refractivity contribution in [3.05, 3.63) is 45.9 Å². The summed E-state index contributed by atoms with van der Waals surface area (Å²) >= 11 is 3.50. The number of fused-ring (bicyclic) bond motifs is 1. The Morgan fingerprint density at radius 3 is 2.76 bits per heavy atom. The summed E-state index contributed by atoms with van der Waals surface area (Å²) in [4.78, 5) is 24.3. The Bertz CT molecular complexity index is 1030. The lowest BCUT2D eigenvalue weighted by Gasteiger charge is -2.14. The first-order valence-electron chi connectivity index (χ1n) is 10.6. The normalized spacial score (nSPS) is 12.0. The van der Waals surface area contributed by atoms with E-state index in [9.17, 15) is 9.59 Å². The van der Waals surface area contributed by atoms with Gasteiger partial charge >= 0.3 is 0 Å². The molecule has 1 aliphatic rings. The molecule has 0 atom stereocenters. The Balaban J connectivity index is 1.53. The van der Waals surface area contributed by atoms with Gasteiger partial charge in [0, 0.05) is 5.56 Å². The number of benzene rings is 2. The molecule has 0 bridgehead atoms. The monoisotopic (exact) mass is 519 g/mol. The molecule has 1 heterocycles. The van der Waals surface area contributed by atoms with Crippen LogP contribution in [0.15, 0.2) is 39.9 Å². The number of hydrogen-bond acceptors (Lipinski definition) is 7. The van der Waals surface area contributed by atoms with Crippen LogP contribution in [-0.4, -0.2) is 44.6 Å². The third-order valence-corrected chi connectivity index (χ3v) is 5.11. The molecule has 0 unspecified atom stereocenters. The second kappa shape index (κ2) is 12.1. The second-order valence-corrected chi connectivity index (χ2v) is 7.86. The van der Waals surface area contributed by atoms with Crippen molar-refractivity contribution in [1.29, 1.82) is 0 Å². The molecule has 0 fully saturated rings. The van der Waals surface area contributed by atoms with Crippen LogP contribution in [-0.2, 0) is 4.79 Å². The largest absolute Gasteiger partial charge is 0.490 e. The fourth-order valence-corrected chi connectivity index (χ4v) is 3.48. The summed E-state index contributed by atoms with van der Waals surface area (Å²) in [6.45, 7) is 4.95. The Hall–Kier alpha value is -3.27. The van der Waals surface area contributed by atoms with E-state index in [0.717, 1.165) is 17.3 Å². The predicted molar refractivity (Wildman–Crippen MR) is 126 cm³/mol. The van der Waals surface area contributed by atoms with Crippen molar-refractivity contribution in [2.45, 2.75) is 26.7 Å². The number of rotatable bonds is 11. The molecule has 2 aromatic rings. The third-order valence-electron chi connectivity index (χ3n) is 4.52. The lowest BCUT2D eigenvalue weighted by molar-refractivity contribution is -0.120. The third kappa shape index (κ3) is 6.85. The fraction of sp³-hybridized carbons (Fsp3) is 0.348. The highest BCUT2D eigenvalue weighted by atomic mass is 79.9. The lowest BCUT2D eigenvalue weighted by atomic mass is 10.2. The molecule has 0 aromatic heterocycles. The number of nitrogens with zero attached hydrogens (tertiary/aromatic N) is 1. The average molecular weight is 520 g/mol. The molecule has 2 N–H and O–H groups in total. The van der Waals surface area contributed by atoms with Crippen molar-refractivity contribution < 1.29 is 28.5 Å². The molecule has 3 rings (SSSR count). The van der Waals surface area contributed by atoms with E-state index in [2.05, 4.69) is 38.7 Å². The molecule has 0 aliphatic carbocycles. The van der Waals surface area contributed by atoms with E-state index in [1.165, 1.54) is 6.21 Å². The molecular weight excluding hydrogens is 494 g/mol.